The number of hydrogen-bond acceptors (Lipinski definition) is 6. The summed E-state index contributed by atoms with van der Waals surface area (Å²) in [6, 6.07) is 9.04. The van der Waals surface area contributed by atoms with Crippen molar-refractivity contribution in [2.24, 2.45) is 0 Å². The third-order valence-corrected chi connectivity index (χ3v) is 4.79. The molecule has 116 valence electrons. The molecule has 1 heterocycles. The molecule has 0 atom stereocenters. The van der Waals surface area contributed by atoms with Crippen molar-refractivity contribution in [1.82, 2.24) is 4.98 Å². The number of nitrogens with zero attached hydrogens (tertiary/aromatic N) is 1. The Hall–Kier alpha value is -2.19. The van der Waals surface area contributed by atoms with Gasteiger partial charge in [0, 0.05) is 0 Å². The first-order valence-electron chi connectivity index (χ1n) is 6.23. The molecule has 0 aliphatic rings. The Bertz CT molecular complexity index is 796. The molecule has 0 radical (unpaired) electrons. The van der Waals surface area contributed by atoms with E-state index in [1.807, 2.05) is 18.2 Å². The van der Waals surface area contributed by atoms with E-state index in [4.69, 9.17) is 0 Å². The van der Waals surface area contributed by atoms with Gasteiger partial charge in [0.05, 0.1) is 18.2 Å². The molecule has 0 fully saturated rings. The van der Waals surface area contributed by atoms with E-state index in [9.17, 15) is 13.2 Å². The Kier molecular flexibility index (Phi) is 4.94. The Labute approximate surface area is 132 Å². The predicted octanol–water partition coefficient (Wildman–Crippen LogP) is 2.65. The summed E-state index contributed by atoms with van der Waals surface area (Å²) in [7, 11) is -2.45. The number of sulfonamides is 1. The van der Waals surface area contributed by atoms with Crippen LogP contribution >= 0.6 is 11.3 Å². The van der Waals surface area contributed by atoms with Gasteiger partial charge in [-0.3, -0.25) is 4.72 Å². The standard InChI is InChI=1S/C14H14N2O4S2/c1-10-12(13(17)20-2)21-14(15-10)16-22(18,19)9-8-11-6-4-3-5-7-11/h3-9H,1-2H3,(H,15,16). The second-order valence-corrected chi connectivity index (χ2v) is 6.85. The number of thiazole rings is 1. The Morgan fingerprint density at radius 2 is 2.00 bits per heavy atom. The summed E-state index contributed by atoms with van der Waals surface area (Å²) in [6.07, 6.45) is 1.48. The molecule has 0 amide bonds. The van der Waals surface area contributed by atoms with Crippen molar-refractivity contribution >= 4 is 38.5 Å². The summed E-state index contributed by atoms with van der Waals surface area (Å²) >= 11 is 0.931. The van der Waals surface area contributed by atoms with Crippen molar-refractivity contribution in [3.63, 3.8) is 0 Å². The summed E-state index contributed by atoms with van der Waals surface area (Å²) < 4.78 is 30.9. The molecule has 1 N–H and O–H groups in total. The smallest absolute Gasteiger partial charge is 0.350 e. The lowest BCUT2D eigenvalue weighted by Gasteiger charge is -1.99. The molecule has 2 aromatic rings. The highest BCUT2D eigenvalue weighted by molar-refractivity contribution is 7.95. The van der Waals surface area contributed by atoms with E-state index in [0.717, 1.165) is 22.3 Å². The van der Waals surface area contributed by atoms with E-state index in [1.165, 1.54) is 13.2 Å². The zero-order chi connectivity index (χ0) is 16.2. The van der Waals surface area contributed by atoms with Crippen LogP contribution in [0.2, 0.25) is 0 Å². The maximum Gasteiger partial charge on any atom is 0.350 e. The number of hydrogen-bond donors (Lipinski definition) is 1. The summed E-state index contributed by atoms with van der Waals surface area (Å²) in [5.41, 5.74) is 1.18. The van der Waals surface area contributed by atoms with Crippen molar-refractivity contribution < 1.29 is 17.9 Å². The number of esters is 1. The van der Waals surface area contributed by atoms with Crippen LogP contribution in [-0.2, 0) is 14.8 Å². The molecule has 22 heavy (non-hydrogen) atoms. The number of aryl methyl sites for hydroxylation is 1. The van der Waals surface area contributed by atoms with Crippen molar-refractivity contribution in [3.8, 4) is 0 Å². The number of benzene rings is 1. The maximum atomic E-state index is 12.0. The first kappa shape index (κ1) is 16.2. The van der Waals surface area contributed by atoms with Crippen LogP contribution in [0.5, 0.6) is 0 Å². The van der Waals surface area contributed by atoms with E-state index in [-0.39, 0.29) is 10.0 Å². The van der Waals surface area contributed by atoms with Gasteiger partial charge in [0.1, 0.15) is 4.88 Å². The van der Waals surface area contributed by atoms with E-state index in [2.05, 4.69) is 14.4 Å². The van der Waals surface area contributed by atoms with Crippen molar-refractivity contribution in [3.05, 3.63) is 51.9 Å². The molecular weight excluding hydrogens is 324 g/mol. The third-order valence-electron chi connectivity index (χ3n) is 2.64. The van der Waals surface area contributed by atoms with Gasteiger partial charge in [0.25, 0.3) is 10.0 Å². The molecule has 0 saturated heterocycles. The van der Waals surface area contributed by atoms with Crippen LogP contribution in [0.25, 0.3) is 6.08 Å². The zero-order valence-corrected chi connectivity index (χ0v) is 13.6. The lowest BCUT2D eigenvalue weighted by atomic mass is 10.2. The van der Waals surface area contributed by atoms with Crippen LogP contribution in [0.3, 0.4) is 0 Å². The number of carbonyl (C=O) groups excluding carboxylic acids is 1. The Morgan fingerprint density at radius 3 is 2.64 bits per heavy atom. The number of nitrogens with one attached hydrogen (secondary N) is 1. The highest BCUT2D eigenvalue weighted by Crippen LogP contribution is 2.24. The maximum absolute atomic E-state index is 12.0. The van der Waals surface area contributed by atoms with E-state index in [0.29, 0.717) is 5.69 Å². The van der Waals surface area contributed by atoms with Gasteiger partial charge in [-0.1, -0.05) is 41.7 Å². The number of aromatic nitrogens is 1. The summed E-state index contributed by atoms with van der Waals surface area (Å²) in [6.45, 7) is 1.61. The van der Waals surface area contributed by atoms with Crippen molar-refractivity contribution in [1.29, 1.82) is 0 Å². The number of methoxy groups -OCH3 is 1. The predicted molar refractivity (Wildman–Crippen MR) is 86.2 cm³/mol. The second-order valence-electron chi connectivity index (χ2n) is 4.29. The summed E-state index contributed by atoms with van der Waals surface area (Å²) in [4.78, 5) is 15.8. The topological polar surface area (TPSA) is 85.4 Å². The van der Waals surface area contributed by atoms with Crippen LogP contribution in [0.4, 0.5) is 5.13 Å². The zero-order valence-electron chi connectivity index (χ0n) is 11.9. The van der Waals surface area contributed by atoms with Crippen LogP contribution in [0.15, 0.2) is 35.7 Å². The largest absolute Gasteiger partial charge is 0.465 e. The molecule has 1 aromatic carbocycles. The molecule has 0 saturated carbocycles. The van der Waals surface area contributed by atoms with Crippen LogP contribution in [0.1, 0.15) is 20.9 Å². The summed E-state index contributed by atoms with van der Waals surface area (Å²) in [5.74, 6) is -0.541. The molecule has 0 unspecified atom stereocenters. The van der Waals surface area contributed by atoms with Crippen molar-refractivity contribution in [2.75, 3.05) is 11.8 Å². The lowest BCUT2D eigenvalue weighted by molar-refractivity contribution is 0.0605. The molecule has 6 nitrogen and oxygen atoms in total. The van der Waals surface area contributed by atoms with Gasteiger partial charge in [-0.05, 0) is 18.6 Å². The fourth-order valence-electron chi connectivity index (χ4n) is 1.61. The average Bonchev–Trinajstić information content (AvgIpc) is 2.85. The molecule has 1 aromatic heterocycles. The number of carbonyl (C=O) groups is 1. The average molecular weight is 338 g/mol. The van der Waals surface area contributed by atoms with Crippen LogP contribution in [-0.4, -0.2) is 26.5 Å². The lowest BCUT2D eigenvalue weighted by Crippen LogP contribution is -2.08. The molecule has 0 spiro atoms. The number of anilines is 1. The minimum Gasteiger partial charge on any atom is -0.465 e. The van der Waals surface area contributed by atoms with Gasteiger partial charge in [0.15, 0.2) is 5.13 Å². The molecule has 0 aliphatic heterocycles. The highest BCUT2D eigenvalue weighted by atomic mass is 32.2. The minimum atomic E-state index is -3.70. The van der Waals surface area contributed by atoms with E-state index >= 15 is 0 Å². The minimum absolute atomic E-state index is 0.121. The Balaban J connectivity index is 2.16. The first-order chi connectivity index (χ1) is 10.4. The quantitative estimate of drug-likeness (QED) is 0.847. The van der Waals surface area contributed by atoms with Gasteiger partial charge >= 0.3 is 5.97 Å². The first-order valence-corrected chi connectivity index (χ1v) is 8.59. The molecular formula is C14H14N2O4S2. The van der Waals surface area contributed by atoms with Gasteiger partial charge in [0.2, 0.25) is 0 Å². The summed E-state index contributed by atoms with van der Waals surface area (Å²) in [5, 5.41) is 1.17. The molecule has 2 rings (SSSR count). The van der Waals surface area contributed by atoms with Crippen LogP contribution in [0, 0.1) is 6.92 Å². The third kappa shape index (κ3) is 4.15. The number of ether oxygens (including phenoxy) is 1. The van der Waals surface area contributed by atoms with Crippen LogP contribution < -0.4 is 4.72 Å². The highest BCUT2D eigenvalue weighted by Gasteiger charge is 2.17. The molecule has 0 aliphatic carbocycles. The van der Waals surface area contributed by atoms with E-state index < -0.39 is 16.0 Å². The van der Waals surface area contributed by atoms with Gasteiger partial charge in [-0.2, -0.15) is 0 Å². The molecule has 8 heteroatoms. The van der Waals surface area contributed by atoms with Crippen molar-refractivity contribution in [2.45, 2.75) is 6.92 Å². The Morgan fingerprint density at radius 1 is 1.32 bits per heavy atom. The van der Waals surface area contributed by atoms with Gasteiger partial charge < -0.3 is 4.74 Å². The van der Waals surface area contributed by atoms with Gasteiger partial charge in [-0.15, -0.1) is 0 Å². The SMILES string of the molecule is COC(=O)c1sc(NS(=O)(=O)C=Cc2ccccc2)nc1C. The van der Waals surface area contributed by atoms with E-state index in [1.54, 1.807) is 19.1 Å². The second kappa shape index (κ2) is 6.71. The normalized spacial score (nSPS) is 11.5. The number of rotatable bonds is 5. The fraction of sp³-hybridized carbons (Fsp3) is 0.143. The fourth-order valence-corrected chi connectivity index (χ4v) is 3.55. The molecule has 0 bridgehead atoms. The monoisotopic (exact) mass is 338 g/mol. The van der Waals surface area contributed by atoms with Gasteiger partial charge in [-0.25, -0.2) is 18.2 Å².